The maximum Gasteiger partial charge on any atom is 0.261 e. The van der Waals surface area contributed by atoms with Gasteiger partial charge in [0, 0.05) is 27.0 Å². The van der Waals surface area contributed by atoms with Crippen LogP contribution in [-0.4, -0.2) is 25.2 Å². The molecule has 1 heterocycles. The summed E-state index contributed by atoms with van der Waals surface area (Å²) in [4.78, 5) is 25.5. The molecule has 1 atom stereocenters. The van der Waals surface area contributed by atoms with Gasteiger partial charge < -0.3 is 10.4 Å². The van der Waals surface area contributed by atoms with Crippen molar-refractivity contribution in [2.45, 2.75) is 23.8 Å². The van der Waals surface area contributed by atoms with E-state index in [2.05, 4.69) is 26.0 Å². The van der Waals surface area contributed by atoms with Gasteiger partial charge in [-0.1, -0.05) is 51.8 Å². The van der Waals surface area contributed by atoms with Gasteiger partial charge >= 0.3 is 0 Å². The van der Waals surface area contributed by atoms with Gasteiger partial charge in [-0.15, -0.1) is 0 Å². The molecule has 4 rings (SSSR count). The highest BCUT2D eigenvalue weighted by Gasteiger charge is 2.46. The number of halogens is 1. The molecule has 0 spiro atoms. The molecule has 1 aliphatic heterocycles. The number of amides is 1. The third kappa shape index (κ3) is 4.19. The Bertz CT molecular complexity index is 1340. The summed E-state index contributed by atoms with van der Waals surface area (Å²) < 4.78 is 28.5. The monoisotopic (exact) mass is 514 g/mol. The van der Waals surface area contributed by atoms with Crippen LogP contribution in [0.2, 0.25) is 0 Å². The van der Waals surface area contributed by atoms with Crippen molar-refractivity contribution in [3.63, 3.8) is 0 Å². The Morgan fingerprint density at radius 3 is 2.53 bits per heavy atom. The van der Waals surface area contributed by atoms with Gasteiger partial charge in [-0.2, -0.15) is 0 Å². The zero-order valence-electron chi connectivity index (χ0n) is 16.9. The van der Waals surface area contributed by atoms with Crippen LogP contribution in [0.25, 0.3) is 0 Å². The minimum Gasteiger partial charge on any atom is -0.375 e. The first-order chi connectivity index (χ1) is 15.1. The van der Waals surface area contributed by atoms with Gasteiger partial charge in [0.15, 0.2) is 11.4 Å². The Kier molecular flexibility index (Phi) is 5.66. The molecule has 0 saturated heterocycles. The van der Waals surface area contributed by atoms with E-state index in [-0.39, 0.29) is 16.1 Å². The van der Waals surface area contributed by atoms with Gasteiger partial charge in [0.05, 0.1) is 11.3 Å². The number of rotatable bonds is 6. The van der Waals surface area contributed by atoms with E-state index >= 15 is 0 Å². The average molecular weight is 515 g/mol. The van der Waals surface area contributed by atoms with Crippen LogP contribution in [0.5, 0.6) is 0 Å². The summed E-state index contributed by atoms with van der Waals surface area (Å²) in [7, 11) is -3.84. The second-order valence-corrected chi connectivity index (χ2v) is 10.2. The van der Waals surface area contributed by atoms with E-state index in [1.54, 1.807) is 30.3 Å². The van der Waals surface area contributed by atoms with Crippen molar-refractivity contribution in [1.29, 1.82) is 0 Å². The standard InChI is InChI=1S/C23H19BrN2O5S/c1-14-5-8-18(9-6-14)32(30,31)26-17-4-2-3-15(11-17)21(27)13-23(29)19-10-7-16(24)12-20(19)25-22(23)28/h2-12,26,29H,13H2,1H3,(H,25,28)/t23-/m0/s1. The summed E-state index contributed by atoms with van der Waals surface area (Å²) in [5.74, 6) is -1.19. The molecule has 32 heavy (non-hydrogen) atoms. The molecular formula is C23H19BrN2O5S. The van der Waals surface area contributed by atoms with Crippen LogP contribution < -0.4 is 10.0 Å². The summed E-state index contributed by atoms with van der Waals surface area (Å²) >= 11 is 3.31. The van der Waals surface area contributed by atoms with E-state index in [0.29, 0.717) is 11.3 Å². The van der Waals surface area contributed by atoms with Crippen LogP contribution in [0.15, 0.2) is 76.1 Å². The molecule has 9 heteroatoms. The second-order valence-electron chi connectivity index (χ2n) is 7.60. The first-order valence-electron chi connectivity index (χ1n) is 9.65. The molecular weight excluding hydrogens is 496 g/mol. The van der Waals surface area contributed by atoms with Crippen molar-refractivity contribution in [2.24, 2.45) is 0 Å². The van der Waals surface area contributed by atoms with E-state index in [1.165, 1.54) is 36.4 Å². The topological polar surface area (TPSA) is 113 Å². The predicted molar refractivity (Wildman–Crippen MR) is 124 cm³/mol. The van der Waals surface area contributed by atoms with Crippen LogP contribution in [0.3, 0.4) is 0 Å². The minimum atomic E-state index is -3.84. The number of anilines is 2. The molecule has 3 N–H and O–H groups in total. The molecule has 0 aliphatic carbocycles. The number of hydrogen-bond acceptors (Lipinski definition) is 5. The lowest BCUT2D eigenvalue weighted by Gasteiger charge is -2.20. The van der Waals surface area contributed by atoms with Gasteiger partial charge in [0.1, 0.15) is 0 Å². The van der Waals surface area contributed by atoms with Crippen LogP contribution in [-0.2, 0) is 20.4 Å². The Morgan fingerprint density at radius 2 is 1.81 bits per heavy atom. The molecule has 3 aromatic rings. The number of aryl methyl sites for hydroxylation is 1. The summed E-state index contributed by atoms with van der Waals surface area (Å²) in [6, 6.07) is 17.2. The molecule has 1 amide bonds. The Balaban J connectivity index is 1.57. The fourth-order valence-electron chi connectivity index (χ4n) is 3.53. The number of fused-ring (bicyclic) bond motifs is 1. The number of Topliss-reactive ketones (excluding diaryl/α,β-unsaturated/α-hetero) is 1. The van der Waals surface area contributed by atoms with Crippen molar-refractivity contribution in [1.82, 2.24) is 0 Å². The SMILES string of the molecule is Cc1ccc(S(=O)(=O)Nc2cccc(C(=O)C[C@@]3(O)C(=O)Nc4cc(Br)ccc43)c2)cc1. The van der Waals surface area contributed by atoms with E-state index in [1.807, 2.05) is 6.92 Å². The number of carbonyl (C=O) groups excluding carboxylic acids is 2. The van der Waals surface area contributed by atoms with Crippen molar-refractivity contribution in [2.75, 3.05) is 10.0 Å². The highest BCUT2D eigenvalue weighted by Crippen LogP contribution is 2.40. The lowest BCUT2D eigenvalue weighted by Crippen LogP contribution is -2.36. The van der Waals surface area contributed by atoms with Crippen molar-refractivity contribution in [3.05, 3.63) is 87.9 Å². The first kappa shape index (κ1) is 22.2. The molecule has 3 aromatic carbocycles. The van der Waals surface area contributed by atoms with Gasteiger partial charge in [-0.25, -0.2) is 8.42 Å². The first-order valence-corrected chi connectivity index (χ1v) is 11.9. The maximum absolute atomic E-state index is 12.9. The normalized spacial score (nSPS) is 17.5. The second kappa shape index (κ2) is 8.16. The molecule has 0 aromatic heterocycles. The van der Waals surface area contributed by atoms with Gasteiger partial charge in [0.25, 0.3) is 15.9 Å². The highest BCUT2D eigenvalue weighted by atomic mass is 79.9. The molecule has 0 radical (unpaired) electrons. The summed E-state index contributed by atoms with van der Waals surface area (Å²) in [5, 5.41) is 13.6. The number of sulfonamides is 1. The highest BCUT2D eigenvalue weighted by molar-refractivity contribution is 9.10. The largest absolute Gasteiger partial charge is 0.375 e. The van der Waals surface area contributed by atoms with Crippen molar-refractivity contribution >= 4 is 49.0 Å². The van der Waals surface area contributed by atoms with E-state index in [9.17, 15) is 23.1 Å². The van der Waals surface area contributed by atoms with Gasteiger partial charge in [-0.05, 0) is 43.3 Å². The molecule has 1 aliphatic rings. The van der Waals surface area contributed by atoms with Gasteiger partial charge in [0.2, 0.25) is 0 Å². The molecule has 0 bridgehead atoms. The Hall–Kier alpha value is -3.01. The Labute approximate surface area is 193 Å². The Morgan fingerprint density at radius 1 is 1.09 bits per heavy atom. The zero-order valence-corrected chi connectivity index (χ0v) is 19.3. The minimum absolute atomic E-state index is 0.0968. The van der Waals surface area contributed by atoms with Crippen LogP contribution >= 0.6 is 15.9 Å². The molecule has 0 fully saturated rings. The number of nitrogens with one attached hydrogen (secondary N) is 2. The number of carbonyl (C=O) groups is 2. The number of ketones is 1. The third-order valence-corrected chi connectivity index (χ3v) is 7.13. The fraction of sp³-hybridized carbons (Fsp3) is 0.130. The molecule has 164 valence electrons. The van der Waals surface area contributed by atoms with Crippen molar-refractivity contribution < 1.29 is 23.1 Å². The van der Waals surface area contributed by atoms with Crippen LogP contribution in [0.1, 0.15) is 27.9 Å². The van der Waals surface area contributed by atoms with Crippen molar-refractivity contribution in [3.8, 4) is 0 Å². The lowest BCUT2D eigenvalue weighted by atomic mass is 9.88. The van der Waals surface area contributed by atoms with Crippen LogP contribution in [0, 0.1) is 6.92 Å². The number of benzene rings is 3. The summed E-state index contributed by atoms with van der Waals surface area (Å²) in [6.07, 6.45) is -0.484. The number of aliphatic hydroxyl groups is 1. The smallest absolute Gasteiger partial charge is 0.261 e. The fourth-order valence-corrected chi connectivity index (χ4v) is 4.94. The molecule has 0 unspecified atom stereocenters. The third-order valence-electron chi connectivity index (χ3n) is 5.24. The summed E-state index contributed by atoms with van der Waals surface area (Å²) in [5.41, 5.74) is 0.0308. The van der Waals surface area contributed by atoms with E-state index in [4.69, 9.17) is 0 Å². The number of hydrogen-bond donors (Lipinski definition) is 3. The van der Waals surface area contributed by atoms with Gasteiger partial charge in [-0.3, -0.25) is 14.3 Å². The molecule has 7 nitrogen and oxygen atoms in total. The van der Waals surface area contributed by atoms with E-state index < -0.39 is 33.7 Å². The summed E-state index contributed by atoms with van der Waals surface area (Å²) in [6.45, 7) is 1.86. The zero-order chi connectivity index (χ0) is 23.1. The quantitative estimate of drug-likeness (QED) is 0.430. The van der Waals surface area contributed by atoms with E-state index in [0.717, 1.165) is 10.0 Å². The maximum atomic E-state index is 12.9. The van der Waals surface area contributed by atoms with Crippen LogP contribution in [0.4, 0.5) is 11.4 Å². The average Bonchev–Trinajstić information content (AvgIpc) is 2.97. The molecule has 0 saturated carbocycles. The lowest BCUT2D eigenvalue weighted by molar-refractivity contribution is -0.133. The predicted octanol–water partition coefficient (Wildman–Crippen LogP) is 3.97.